The minimum atomic E-state index is -0.377. The fraction of sp³-hybridized carbons (Fsp3) is 0.333. The number of β-amino-alcohol motifs (C(OH)–C–C–N with tert-alkyl or cyclic N) is 1. The summed E-state index contributed by atoms with van der Waals surface area (Å²) in [5.41, 5.74) is 4.70. The largest absolute Gasteiger partial charge is 0.390 e. The van der Waals surface area contributed by atoms with Crippen molar-refractivity contribution in [3.8, 4) is 0 Å². The Labute approximate surface area is 190 Å². The first kappa shape index (κ1) is 22.3. The average molecular weight is 434 g/mol. The average Bonchev–Trinajstić information content (AvgIpc) is 2.82. The van der Waals surface area contributed by atoms with E-state index in [1.807, 2.05) is 37.4 Å². The van der Waals surface area contributed by atoms with E-state index in [0.717, 1.165) is 43.9 Å². The Morgan fingerprint density at radius 2 is 1.44 bits per heavy atom. The minimum absolute atomic E-state index is 0.195. The van der Waals surface area contributed by atoms with Gasteiger partial charge in [-0.2, -0.15) is 0 Å². The number of benzene rings is 3. The standard InChI is InChI=1S/C27H32FN3O/c1-29(25-5-3-2-4-6-25)20-27(32)21-30-15-17-31(18-16-30)26-13-9-23(10-14-26)19-22-7-11-24(28)12-8-22/h2-14,27,32H,15-21H2,1H3. The summed E-state index contributed by atoms with van der Waals surface area (Å²) in [7, 11) is 2.02. The van der Waals surface area contributed by atoms with E-state index >= 15 is 0 Å². The minimum Gasteiger partial charge on any atom is -0.390 e. The van der Waals surface area contributed by atoms with Crippen LogP contribution in [0.2, 0.25) is 0 Å². The highest BCUT2D eigenvalue weighted by atomic mass is 19.1. The Morgan fingerprint density at radius 1 is 0.844 bits per heavy atom. The summed E-state index contributed by atoms with van der Waals surface area (Å²) >= 11 is 0. The van der Waals surface area contributed by atoms with Gasteiger partial charge in [0.15, 0.2) is 0 Å². The van der Waals surface area contributed by atoms with Gasteiger partial charge >= 0.3 is 0 Å². The summed E-state index contributed by atoms with van der Waals surface area (Å²) in [5.74, 6) is -0.195. The molecule has 1 aliphatic rings. The highest BCUT2D eigenvalue weighted by molar-refractivity contribution is 5.49. The smallest absolute Gasteiger partial charge is 0.123 e. The second-order valence-corrected chi connectivity index (χ2v) is 8.63. The third kappa shape index (κ3) is 6.09. The zero-order chi connectivity index (χ0) is 22.3. The van der Waals surface area contributed by atoms with Gasteiger partial charge in [0.2, 0.25) is 0 Å². The molecule has 1 atom stereocenters. The highest BCUT2D eigenvalue weighted by Crippen LogP contribution is 2.19. The van der Waals surface area contributed by atoms with Gasteiger partial charge in [0.1, 0.15) is 5.82 Å². The number of halogens is 1. The predicted octanol–water partition coefficient (Wildman–Crippen LogP) is 4.04. The van der Waals surface area contributed by atoms with Crippen molar-refractivity contribution in [3.05, 3.63) is 95.8 Å². The van der Waals surface area contributed by atoms with Crippen LogP contribution in [0.4, 0.5) is 15.8 Å². The lowest BCUT2D eigenvalue weighted by Gasteiger charge is -2.37. The molecule has 4 rings (SSSR count). The number of aliphatic hydroxyl groups excluding tert-OH is 1. The van der Waals surface area contributed by atoms with Crippen LogP contribution in [0.5, 0.6) is 0 Å². The normalized spacial score (nSPS) is 15.5. The Hall–Kier alpha value is -2.89. The SMILES string of the molecule is CN(CC(O)CN1CCN(c2ccc(Cc3ccc(F)cc3)cc2)CC1)c1ccccc1. The lowest BCUT2D eigenvalue weighted by Crippen LogP contribution is -2.50. The number of hydrogen-bond acceptors (Lipinski definition) is 4. The summed E-state index contributed by atoms with van der Waals surface area (Å²) in [6.07, 6.45) is 0.432. The number of aliphatic hydroxyl groups is 1. The Balaban J connectivity index is 1.23. The third-order valence-corrected chi connectivity index (χ3v) is 6.15. The fourth-order valence-corrected chi connectivity index (χ4v) is 4.31. The summed E-state index contributed by atoms with van der Waals surface area (Å²) in [5, 5.41) is 10.6. The van der Waals surface area contributed by atoms with Crippen molar-refractivity contribution in [2.24, 2.45) is 0 Å². The van der Waals surface area contributed by atoms with Crippen molar-refractivity contribution >= 4 is 11.4 Å². The zero-order valence-corrected chi connectivity index (χ0v) is 18.7. The van der Waals surface area contributed by atoms with Gasteiger partial charge in [-0.15, -0.1) is 0 Å². The van der Waals surface area contributed by atoms with Crippen LogP contribution in [0, 0.1) is 5.82 Å². The Morgan fingerprint density at radius 3 is 2.06 bits per heavy atom. The first-order valence-corrected chi connectivity index (χ1v) is 11.3. The first-order chi connectivity index (χ1) is 15.6. The van der Waals surface area contributed by atoms with Crippen LogP contribution in [-0.4, -0.2) is 62.4 Å². The van der Waals surface area contributed by atoms with Gasteiger partial charge in [0.25, 0.3) is 0 Å². The monoisotopic (exact) mass is 433 g/mol. The van der Waals surface area contributed by atoms with Gasteiger partial charge in [-0.3, -0.25) is 4.90 Å². The molecule has 0 aliphatic carbocycles. The van der Waals surface area contributed by atoms with Crippen molar-refractivity contribution in [3.63, 3.8) is 0 Å². The van der Waals surface area contributed by atoms with Crippen LogP contribution in [0.1, 0.15) is 11.1 Å². The van der Waals surface area contributed by atoms with E-state index in [1.54, 1.807) is 0 Å². The first-order valence-electron chi connectivity index (χ1n) is 11.3. The van der Waals surface area contributed by atoms with Gasteiger partial charge in [0, 0.05) is 57.7 Å². The molecule has 1 heterocycles. The van der Waals surface area contributed by atoms with Crippen molar-refractivity contribution in [1.29, 1.82) is 0 Å². The molecule has 1 N–H and O–H groups in total. The third-order valence-electron chi connectivity index (χ3n) is 6.15. The maximum atomic E-state index is 13.1. The molecule has 4 nitrogen and oxygen atoms in total. The van der Waals surface area contributed by atoms with Crippen molar-refractivity contribution < 1.29 is 9.50 Å². The van der Waals surface area contributed by atoms with E-state index in [9.17, 15) is 9.50 Å². The van der Waals surface area contributed by atoms with E-state index in [-0.39, 0.29) is 11.9 Å². The second-order valence-electron chi connectivity index (χ2n) is 8.63. The lowest BCUT2D eigenvalue weighted by molar-refractivity contribution is 0.114. The van der Waals surface area contributed by atoms with E-state index in [1.165, 1.54) is 23.4 Å². The molecule has 3 aromatic carbocycles. The molecule has 1 aliphatic heterocycles. The van der Waals surface area contributed by atoms with Gasteiger partial charge in [-0.25, -0.2) is 4.39 Å². The molecule has 32 heavy (non-hydrogen) atoms. The number of para-hydroxylation sites is 1. The van der Waals surface area contributed by atoms with Crippen LogP contribution in [0.25, 0.3) is 0 Å². The quantitative estimate of drug-likeness (QED) is 0.581. The molecule has 0 amide bonds. The van der Waals surface area contributed by atoms with Crippen LogP contribution in [0.3, 0.4) is 0 Å². The van der Waals surface area contributed by atoms with Gasteiger partial charge in [-0.05, 0) is 53.9 Å². The molecule has 0 radical (unpaired) electrons. The molecular formula is C27H32FN3O. The lowest BCUT2D eigenvalue weighted by atomic mass is 10.0. The maximum Gasteiger partial charge on any atom is 0.123 e. The topological polar surface area (TPSA) is 30.0 Å². The maximum absolute atomic E-state index is 13.1. The Bertz CT molecular complexity index is 954. The molecule has 1 fully saturated rings. The predicted molar refractivity (Wildman–Crippen MR) is 130 cm³/mol. The summed E-state index contributed by atoms with van der Waals surface area (Å²) in [4.78, 5) is 6.86. The molecule has 0 saturated carbocycles. The summed E-state index contributed by atoms with van der Waals surface area (Å²) < 4.78 is 13.1. The number of likely N-dealkylation sites (N-methyl/N-ethyl adjacent to an activating group) is 1. The van der Waals surface area contributed by atoms with Crippen LogP contribution in [-0.2, 0) is 6.42 Å². The molecule has 3 aromatic rings. The number of piperazine rings is 1. The molecule has 0 bridgehead atoms. The fourth-order valence-electron chi connectivity index (χ4n) is 4.31. The molecule has 168 valence electrons. The van der Waals surface area contributed by atoms with Crippen LogP contribution >= 0.6 is 0 Å². The van der Waals surface area contributed by atoms with Crippen LogP contribution < -0.4 is 9.80 Å². The van der Waals surface area contributed by atoms with Crippen molar-refractivity contribution in [2.45, 2.75) is 12.5 Å². The van der Waals surface area contributed by atoms with Gasteiger partial charge in [0.05, 0.1) is 6.10 Å². The zero-order valence-electron chi connectivity index (χ0n) is 18.7. The second kappa shape index (κ2) is 10.6. The number of rotatable bonds is 8. The molecule has 0 aromatic heterocycles. The van der Waals surface area contributed by atoms with Crippen molar-refractivity contribution in [1.82, 2.24) is 4.90 Å². The highest BCUT2D eigenvalue weighted by Gasteiger charge is 2.20. The number of hydrogen-bond donors (Lipinski definition) is 1. The van der Waals surface area contributed by atoms with Gasteiger partial charge in [-0.1, -0.05) is 42.5 Å². The Kier molecular flexibility index (Phi) is 7.40. The van der Waals surface area contributed by atoms with Gasteiger partial charge < -0.3 is 14.9 Å². The molecule has 1 unspecified atom stereocenters. The summed E-state index contributed by atoms with van der Waals surface area (Å²) in [6.45, 7) is 5.13. The molecular weight excluding hydrogens is 401 g/mol. The molecule has 5 heteroatoms. The number of anilines is 2. The van der Waals surface area contributed by atoms with Crippen LogP contribution in [0.15, 0.2) is 78.9 Å². The van der Waals surface area contributed by atoms with E-state index < -0.39 is 0 Å². The summed E-state index contributed by atoms with van der Waals surface area (Å²) in [6, 6.07) is 25.6. The molecule has 0 spiro atoms. The molecule has 1 saturated heterocycles. The van der Waals surface area contributed by atoms with E-state index in [2.05, 4.69) is 51.1 Å². The van der Waals surface area contributed by atoms with E-state index in [0.29, 0.717) is 13.1 Å². The van der Waals surface area contributed by atoms with Crippen molar-refractivity contribution in [2.75, 3.05) is 56.1 Å². The van der Waals surface area contributed by atoms with E-state index in [4.69, 9.17) is 0 Å². The number of nitrogens with zero attached hydrogens (tertiary/aromatic N) is 3.